The van der Waals surface area contributed by atoms with Crippen molar-refractivity contribution in [1.82, 2.24) is 10.2 Å². The fourth-order valence-corrected chi connectivity index (χ4v) is 5.74. The minimum absolute atomic E-state index is 0.00441. The maximum Gasteiger partial charge on any atom is 0.264 e. The van der Waals surface area contributed by atoms with Crippen LogP contribution in [-0.2, 0) is 26.2 Å². The van der Waals surface area contributed by atoms with E-state index < -0.39 is 34.3 Å². The van der Waals surface area contributed by atoms with Crippen LogP contribution >= 0.6 is 11.6 Å². The van der Waals surface area contributed by atoms with Crippen molar-refractivity contribution in [3.05, 3.63) is 94.8 Å². The highest BCUT2D eigenvalue weighted by Crippen LogP contribution is 2.26. The van der Waals surface area contributed by atoms with E-state index in [-0.39, 0.29) is 29.0 Å². The molecule has 0 saturated carbocycles. The third-order valence-electron chi connectivity index (χ3n) is 6.37. The molecule has 0 saturated heterocycles. The molecule has 214 valence electrons. The second kappa shape index (κ2) is 13.8. The lowest BCUT2D eigenvalue weighted by molar-refractivity contribution is -0.140. The summed E-state index contributed by atoms with van der Waals surface area (Å²) < 4.78 is 42.1. The summed E-state index contributed by atoms with van der Waals surface area (Å²) in [6.45, 7) is 7.44. The SMILES string of the molecule is CCC(C(=O)NCC(C)C)N(Cc1ccccc1Cl)C(=O)CN(c1ccc(C)cc1)S(=O)(=O)c1ccc(F)cc1. The predicted molar refractivity (Wildman–Crippen MR) is 156 cm³/mol. The Kier molecular flexibility index (Phi) is 10.7. The second-order valence-corrected chi connectivity index (χ2v) is 12.2. The Bertz CT molecular complexity index is 1410. The van der Waals surface area contributed by atoms with Gasteiger partial charge in [-0.05, 0) is 67.3 Å². The molecule has 0 aliphatic rings. The Hall–Kier alpha value is -3.43. The van der Waals surface area contributed by atoms with Gasteiger partial charge in [0.1, 0.15) is 18.4 Å². The second-order valence-electron chi connectivity index (χ2n) is 9.98. The van der Waals surface area contributed by atoms with Gasteiger partial charge in [0.25, 0.3) is 10.0 Å². The molecule has 0 fully saturated rings. The fraction of sp³-hybridized carbons (Fsp3) is 0.333. The minimum Gasteiger partial charge on any atom is -0.354 e. The quantitative estimate of drug-likeness (QED) is 0.300. The molecule has 3 aromatic rings. The molecule has 1 unspecified atom stereocenters. The largest absolute Gasteiger partial charge is 0.354 e. The van der Waals surface area contributed by atoms with Gasteiger partial charge in [-0.1, -0.05) is 68.3 Å². The number of sulfonamides is 1. The molecule has 0 aliphatic heterocycles. The fourth-order valence-electron chi connectivity index (χ4n) is 4.13. The van der Waals surface area contributed by atoms with E-state index in [1.807, 2.05) is 20.8 Å². The van der Waals surface area contributed by atoms with Crippen molar-refractivity contribution in [2.75, 3.05) is 17.4 Å². The van der Waals surface area contributed by atoms with Crippen LogP contribution < -0.4 is 9.62 Å². The maximum atomic E-state index is 14.0. The van der Waals surface area contributed by atoms with E-state index in [2.05, 4.69) is 5.32 Å². The van der Waals surface area contributed by atoms with Gasteiger partial charge in [0, 0.05) is 18.1 Å². The predicted octanol–water partition coefficient (Wildman–Crippen LogP) is 5.56. The maximum absolute atomic E-state index is 14.0. The van der Waals surface area contributed by atoms with E-state index in [4.69, 9.17) is 11.6 Å². The molecule has 40 heavy (non-hydrogen) atoms. The Morgan fingerprint density at radius 1 is 0.975 bits per heavy atom. The van der Waals surface area contributed by atoms with E-state index in [0.29, 0.717) is 23.6 Å². The zero-order valence-corrected chi connectivity index (χ0v) is 24.7. The molecular weight excluding hydrogens is 553 g/mol. The Morgan fingerprint density at radius 3 is 2.17 bits per heavy atom. The molecule has 0 heterocycles. The van der Waals surface area contributed by atoms with Gasteiger partial charge in [0.15, 0.2) is 0 Å². The molecule has 1 atom stereocenters. The van der Waals surface area contributed by atoms with Gasteiger partial charge >= 0.3 is 0 Å². The highest BCUT2D eigenvalue weighted by molar-refractivity contribution is 7.92. The van der Waals surface area contributed by atoms with Crippen LogP contribution in [0.5, 0.6) is 0 Å². The van der Waals surface area contributed by atoms with Crippen LogP contribution in [0.15, 0.2) is 77.7 Å². The zero-order valence-electron chi connectivity index (χ0n) is 23.1. The lowest BCUT2D eigenvalue weighted by atomic mass is 10.1. The van der Waals surface area contributed by atoms with E-state index >= 15 is 0 Å². The molecule has 0 aromatic heterocycles. The standard InChI is InChI=1S/C30H35ClFN3O4S/c1-5-28(30(37)33-18-21(2)3)34(19-23-8-6-7-9-27(23)31)29(36)20-35(25-14-10-22(4)11-15-25)40(38,39)26-16-12-24(32)13-17-26/h6-17,21,28H,5,18-20H2,1-4H3,(H,33,37). The van der Waals surface area contributed by atoms with Gasteiger partial charge in [-0.2, -0.15) is 0 Å². The lowest BCUT2D eigenvalue weighted by Crippen LogP contribution is -2.52. The van der Waals surface area contributed by atoms with Crippen LogP contribution in [0.2, 0.25) is 5.02 Å². The van der Waals surface area contributed by atoms with Gasteiger partial charge in [-0.3, -0.25) is 13.9 Å². The first-order chi connectivity index (χ1) is 18.9. The van der Waals surface area contributed by atoms with Crippen molar-refractivity contribution in [2.45, 2.75) is 51.6 Å². The van der Waals surface area contributed by atoms with Gasteiger partial charge in [0.2, 0.25) is 11.8 Å². The number of hydrogen-bond donors (Lipinski definition) is 1. The highest BCUT2D eigenvalue weighted by Gasteiger charge is 2.34. The molecule has 3 aromatic carbocycles. The number of amides is 2. The summed E-state index contributed by atoms with van der Waals surface area (Å²) in [4.78, 5) is 28.5. The molecule has 0 bridgehead atoms. The highest BCUT2D eigenvalue weighted by atomic mass is 35.5. The number of nitrogens with one attached hydrogen (secondary N) is 1. The minimum atomic E-state index is -4.27. The topological polar surface area (TPSA) is 86.8 Å². The summed E-state index contributed by atoms with van der Waals surface area (Å²) >= 11 is 6.41. The van der Waals surface area contributed by atoms with Crippen molar-refractivity contribution in [3.8, 4) is 0 Å². The van der Waals surface area contributed by atoms with Crippen molar-refractivity contribution in [1.29, 1.82) is 0 Å². The molecule has 7 nitrogen and oxygen atoms in total. The zero-order chi connectivity index (χ0) is 29.4. The molecule has 0 aliphatic carbocycles. The van der Waals surface area contributed by atoms with Crippen LogP contribution in [0.25, 0.3) is 0 Å². The monoisotopic (exact) mass is 587 g/mol. The lowest BCUT2D eigenvalue weighted by Gasteiger charge is -2.33. The van der Waals surface area contributed by atoms with E-state index in [1.54, 1.807) is 55.5 Å². The average Bonchev–Trinajstić information content (AvgIpc) is 2.92. The molecule has 10 heteroatoms. The molecule has 2 amide bonds. The number of rotatable bonds is 12. The van der Waals surface area contributed by atoms with Crippen molar-refractivity contribution in [3.63, 3.8) is 0 Å². The third-order valence-corrected chi connectivity index (χ3v) is 8.53. The number of carbonyl (C=O) groups is 2. The number of hydrogen-bond acceptors (Lipinski definition) is 4. The van der Waals surface area contributed by atoms with E-state index in [0.717, 1.165) is 34.1 Å². The molecule has 3 rings (SSSR count). The smallest absolute Gasteiger partial charge is 0.264 e. The van der Waals surface area contributed by atoms with E-state index in [9.17, 15) is 22.4 Å². The summed E-state index contributed by atoms with van der Waals surface area (Å²) in [7, 11) is -4.27. The van der Waals surface area contributed by atoms with Gasteiger partial charge in [0.05, 0.1) is 10.6 Å². The van der Waals surface area contributed by atoms with Gasteiger partial charge in [-0.25, -0.2) is 12.8 Å². The first kappa shape index (κ1) is 31.1. The Labute approximate surface area is 241 Å². The summed E-state index contributed by atoms with van der Waals surface area (Å²) in [5.41, 5.74) is 1.79. The molecular formula is C30H35ClFN3O4S. The number of benzene rings is 3. The third kappa shape index (κ3) is 7.82. The van der Waals surface area contributed by atoms with Crippen molar-refractivity contribution in [2.24, 2.45) is 5.92 Å². The summed E-state index contributed by atoms with van der Waals surface area (Å²) in [5, 5.41) is 3.31. The van der Waals surface area contributed by atoms with Gasteiger partial charge < -0.3 is 10.2 Å². The number of carbonyl (C=O) groups excluding carboxylic acids is 2. The van der Waals surface area contributed by atoms with Crippen molar-refractivity contribution < 1.29 is 22.4 Å². The van der Waals surface area contributed by atoms with Gasteiger partial charge in [-0.15, -0.1) is 0 Å². The molecule has 1 N–H and O–H groups in total. The van der Waals surface area contributed by atoms with Crippen molar-refractivity contribution >= 4 is 39.1 Å². The summed E-state index contributed by atoms with van der Waals surface area (Å²) in [6, 6.07) is 17.2. The normalized spacial score (nSPS) is 12.2. The van der Waals surface area contributed by atoms with E-state index in [1.165, 1.54) is 4.90 Å². The number of nitrogens with zero attached hydrogens (tertiary/aromatic N) is 2. The van der Waals surface area contributed by atoms with Crippen LogP contribution in [0.4, 0.5) is 10.1 Å². The molecule has 0 radical (unpaired) electrons. The molecule has 0 spiro atoms. The number of aryl methyl sites for hydroxylation is 1. The summed E-state index contributed by atoms with van der Waals surface area (Å²) in [5.74, 6) is -1.30. The summed E-state index contributed by atoms with van der Waals surface area (Å²) in [6.07, 6.45) is 0.301. The first-order valence-electron chi connectivity index (χ1n) is 13.1. The van der Waals surface area contributed by atoms with Crippen LogP contribution in [-0.4, -0.2) is 44.3 Å². The Balaban J connectivity index is 2.05. The van der Waals surface area contributed by atoms with Crippen LogP contribution in [0, 0.1) is 18.7 Å². The van der Waals surface area contributed by atoms with Crippen LogP contribution in [0.1, 0.15) is 38.3 Å². The first-order valence-corrected chi connectivity index (χ1v) is 14.9. The average molecular weight is 588 g/mol. The number of anilines is 1. The van der Waals surface area contributed by atoms with Crippen LogP contribution in [0.3, 0.4) is 0 Å². The number of halogens is 2. The Morgan fingerprint density at radius 2 is 1.60 bits per heavy atom.